The lowest BCUT2D eigenvalue weighted by Crippen LogP contribution is -2.25. The number of hydrogen-bond acceptors (Lipinski definition) is 5. The molecule has 4 aromatic rings. The molecule has 3 aromatic heterocycles. The van der Waals surface area contributed by atoms with Gasteiger partial charge in [0.15, 0.2) is 5.82 Å². The van der Waals surface area contributed by atoms with Gasteiger partial charge in [-0.05, 0) is 37.1 Å². The Balaban J connectivity index is 1.60. The van der Waals surface area contributed by atoms with Crippen molar-refractivity contribution in [1.29, 1.82) is 0 Å². The second kappa shape index (κ2) is 7.79. The van der Waals surface area contributed by atoms with E-state index in [1.807, 2.05) is 28.8 Å². The first kappa shape index (κ1) is 19.2. The molecule has 0 unspecified atom stereocenters. The Hall–Kier alpha value is -2.81. The van der Waals surface area contributed by atoms with Gasteiger partial charge < -0.3 is 4.74 Å². The first-order chi connectivity index (χ1) is 14.7. The van der Waals surface area contributed by atoms with Crippen molar-refractivity contribution in [2.24, 2.45) is 0 Å². The van der Waals surface area contributed by atoms with E-state index in [4.69, 9.17) is 4.74 Å². The fraction of sp³-hybridized carbons (Fsp3) is 0.333. The van der Waals surface area contributed by atoms with Gasteiger partial charge in [-0.25, -0.2) is 9.78 Å². The topological polar surface area (TPSA) is 74.8 Å². The summed E-state index contributed by atoms with van der Waals surface area (Å²) < 4.78 is 22.7. The lowest BCUT2D eigenvalue weighted by atomic mass is 10.2. The number of fused-ring (bicyclic) bond motifs is 2. The van der Waals surface area contributed by atoms with Crippen LogP contribution >= 0.6 is 15.9 Å². The molecule has 5 rings (SSSR count). The summed E-state index contributed by atoms with van der Waals surface area (Å²) >= 11 is 3.45. The fourth-order valence-electron chi connectivity index (χ4n) is 3.63. The number of hydrogen-bond donors (Lipinski definition) is 0. The minimum absolute atomic E-state index is 0.0834. The van der Waals surface area contributed by atoms with Crippen LogP contribution in [-0.4, -0.2) is 37.4 Å². The number of halogens is 2. The molecule has 1 aliphatic carbocycles. The Bertz CT molecular complexity index is 1300. The zero-order chi connectivity index (χ0) is 20.7. The second-order valence-corrected chi connectivity index (χ2v) is 8.25. The van der Waals surface area contributed by atoms with Crippen LogP contribution in [0.15, 0.2) is 45.9 Å². The molecule has 30 heavy (non-hydrogen) atoms. The van der Waals surface area contributed by atoms with E-state index >= 15 is 0 Å². The van der Waals surface area contributed by atoms with Crippen molar-refractivity contribution < 1.29 is 9.13 Å². The largest absolute Gasteiger partial charge is 0.477 e. The van der Waals surface area contributed by atoms with E-state index in [9.17, 15) is 9.18 Å². The number of ether oxygens (including phenoxy) is 1. The van der Waals surface area contributed by atoms with Crippen LogP contribution in [0, 0.1) is 0 Å². The predicted octanol–water partition coefficient (Wildman–Crippen LogP) is 4.03. The van der Waals surface area contributed by atoms with Crippen LogP contribution in [-0.2, 0) is 6.54 Å². The van der Waals surface area contributed by atoms with Crippen LogP contribution in [0.1, 0.15) is 31.1 Å². The van der Waals surface area contributed by atoms with Gasteiger partial charge in [-0.2, -0.15) is 4.98 Å². The van der Waals surface area contributed by atoms with Crippen LogP contribution in [0.5, 0.6) is 5.88 Å². The van der Waals surface area contributed by atoms with Gasteiger partial charge in [0.05, 0.1) is 48.0 Å². The van der Waals surface area contributed by atoms with Crippen molar-refractivity contribution >= 4 is 37.9 Å². The molecule has 7 nitrogen and oxygen atoms in total. The summed E-state index contributed by atoms with van der Waals surface area (Å²) in [6, 6.07) is 7.75. The molecule has 1 aliphatic rings. The minimum atomic E-state index is -0.456. The van der Waals surface area contributed by atoms with E-state index in [1.165, 1.54) is 0 Å². The zero-order valence-corrected chi connectivity index (χ0v) is 17.7. The van der Waals surface area contributed by atoms with Crippen LogP contribution in [0.3, 0.4) is 0 Å². The van der Waals surface area contributed by atoms with E-state index in [1.54, 1.807) is 17.0 Å². The summed E-state index contributed by atoms with van der Waals surface area (Å²) in [6.07, 6.45) is 5.71. The van der Waals surface area contributed by atoms with Gasteiger partial charge in [0, 0.05) is 23.1 Å². The Labute approximate surface area is 179 Å². The second-order valence-electron chi connectivity index (χ2n) is 7.33. The maximum absolute atomic E-state index is 13.1. The van der Waals surface area contributed by atoms with Crippen LogP contribution in [0.25, 0.3) is 21.9 Å². The molecule has 3 heterocycles. The zero-order valence-electron chi connectivity index (χ0n) is 16.1. The van der Waals surface area contributed by atoms with E-state index in [0.29, 0.717) is 17.2 Å². The van der Waals surface area contributed by atoms with Crippen molar-refractivity contribution in [3.8, 4) is 5.88 Å². The summed E-state index contributed by atoms with van der Waals surface area (Å²) in [4.78, 5) is 26.5. The number of nitrogens with zero attached hydrogens (tertiary/aromatic N) is 5. The Morgan fingerprint density at radius 2 is 2.07 bits per heavy atom. The third-order valence-electron chi connectivity index (χ3n) is 5.16. The average molecular weight is 472 g/mol. The van der Waals surface area contributed by atoms with E-state index in [-0.39, 0.29) is 31.3 Å². The lowest BCUT2D eigenvalue weighted by Gasteiger charge is -2.10. The van der Waals surface area contributed by atoms with Gasteiger partial charge in [-0.3, -0.25) is 18.5 Å². The van der Waals surface area contributed by atoms with Crippen LogP contribution in [0.4, 0.5) is 4.39 Å². The molecule has 0 bridgehead atoms. The number of alkyl halides is 1. The smallest absolute Gasteiger partial charge is 0.329 e. The molecule has 0 spiro atoms. The summed E-state index contributed by atoms with van der Waals surface area (Å²) in [5.41, 5.74) is 2.26. The maximum Gasteiger partial charge on any atom is 0.329 e. The first-order valence-corrected chi connectivity index (χ1v) is 10.6. The van der Waals surface area contributed by atoms with Crippen molar-refractivity contribution in [2.75, 3.05) is 13.3 Å². The summed E-state index contributed by atoms with van der Waals surface area (Å²) in [5.74, 6) is 0.850. The highest BCUT2D eigenvalue weighted by molar-refractivity contribution is 9.10. The molecule has 9 heteroatoms. The van der Waals surface area contributed by atoms with Crippen molar-refractivity contribution in [3.63, 3.8) is 0 Å². The van der Waals surface area contributed by atoms with Crippen LogP contribution < -0.4 is 10.4 Å². The lowest BCUT2D eigenvalue weighted by molar-refractivity contribution is 0.282. The molecule has 1 saturated carbocycles. The van der Waals surface area contributed by atoms with Gasteiger partial charge in [0.2, 0.25) is 5.88 Å². The molecule has 154 valence electrons. The highest BCUT2D eigenvalue weighted by Gasteiger charge is 2.29. The van der Waals surface area contributed by atoms with Crippen LogP contribution in [0.2, 0.25) is 0 Å². The van der Waals surface area contributed by atoms with E-state index in [2.05, 4.69) is 30.9 Å². The Morgan fingerprint density at radius 1 is 1.20 bits per heavy atom. The Morgan fingerprint density at radius 3 is 2.87 bits per heavy atom. The van der Waals surface area contributed by atoms with Crippen molar-refractivity contribution in [2.45, 2.75) is 31.8 Å². The van der Waals surface area contributed by atoms with Gasteiger partial charge in [0.1, 0.15) is 0 Å². The third kappa shape index (κ3) is 3.47. The molecule has 1 aromatic carbocycles. The fourth-order valence-corrected chi connectivity index (χ4v) is 3.99. The molecule has 0 amide bonds. The van der Waals surface area contributed by atoms with Gasteiger partial charge in [-0.15, -0.1) is 0 Å². The molecule has 0 aliphatic heterocycles. The third-order valence-corrected chi connectivity index (χ3v) is 5.66. The standard InChI is InChI=1S/C21H19BrFN5O2/c22-13-2-5-16-15(10-13)20(30-9-1-7-23)26-19(25-16)12-27-18-11-24-8-6-17(18)28(21(27)29)14-3-4-14/h2,5-6,8,10-11,14H,1,3-4,7,9,12H2. The summed E-state index contributed by atoms with van der Waals surface area (Å²) in [7, 11) is 0. The van der Waals surface area contributed by atoms with Crippen molar-refractivity contribution in [3.05, 3.63) is 57.4 Å². The number of aromatic nitrogens is 5. The van der Waals surface area contributed by atoms with Crippen molar-refractivity contribution in [1.82, 2.24) is 24.1 Å². The highest BCUT2D eigenvalue weighted by Crippen LogP contribution is 2.36. The predicted molar refractivity (Wildman–Crippen MR) is 115 cm³/mol. The highest BCUT2D eigenvalue weighted by atomic mass is 79.9. The van der Waals surface area contributed by atoms with E-state index in [0.717, 1.165) is 33.7 Å². The van der Waals surface area contributed by atoms with Gasteiger partial charge in [0.25, 0.3) is 0 Å². The summed E-state index contributed by atoms with van der Waals surface area (Å²) in [6.45, 7) is -0.0335. The molecule has 0 N–H and O–H groups in total. The number of pyridine rings is 1. The molecule has 0 saturated heterocycles. The number of rotatable bonds is 7. The monoisotopic (exact) mass is 471 g/mol. The maximum atomic E-state index is 13.1. The number of imidazole rings is 1. The number of benzene rings is 1. The molecule has 0 radical (unpaired) electrons. The minimum Gasteiger partial charge on any atom is -0.477 e. The average Bonchev–Trinajstić information content (AvgIpc) is 3.54. The SMILES string of the molecule is O=c1n(Cc2nc(OCCCF)c3cc(Br)ccc3n2)c2cnccc2n1C1CC1. The van der Waals surface area contributed by atoms with Gasteiger partial charge >= 0.3 is 5.69 Å². The quantitative estimate of drug-likeness (QED) is 0.380. The Kier molecular flexibility index (Phi) is 4.98. The molecule has 0 atom stereocenters. The molecular formula is C21H19BrFN5O2. The molecule has 1 fully saturated rings. The normalized spacial score (nSPS) is 13.9. The summed E-state index contributed by atoms with van der Waals surface area (Å²) in [5, 5.41) is 0.737. The molecular weight excluding hydrogens is 453 g/mol. The van der Waals surface area contributed by atoms with Gasteiger partial charge in [-0.1, -0.05) is 15.9 Å². The van der Waals surface area contributed by atoms with E-state index < -0.39 is 6.67 Å². The first-order valence-electron chi connectivity index (χ1n) is 9.85.